The Hall–Kier alpha value is -0.480. The van der Waals surface area contributed by atoms with Gasteiger partial charge in [0, 0.05) is 6.16 Å². The van der Waals surface area contributed by atoms with Gasteiger partial charge in [0.05, 0.1) is 26.0 Å². The first-order chi connectivity index (χ1) is 11.4. The van der Waals surface area contributed by atoms with E-state index >= 15 is 0 Å². The molecule has 0 saturated carbocycles. The van der Waals surface area contributed by atoms with E-state index in [0.717, 1.165) is 0 Å². The first-order valence-corrected chi connectivity index (χ1v) is 11.9. The average molecular weight is 378 g/mol. The maximum absolute atomic E-state index is 13.1. The first-order valence-electron chi connectivity index (χ1n) is 8.25. The molecule has 1 N–H and O–H groups in total. The standard InChI is InChI=1S/C16H28O6P2/c1-4-20-23(18,16(17)15-11-8-7-9-12-15)13-10-14-24(19,21-5-2)22-6-3/h7-9,11-12,16-17H,4-6,10,13-14H2,1-3H3. The smallest absolute Gasteiger partial charge is 0.330 e. The maximum Gasteiger partial charge on any atom is 0.330 e. The minimum atomic E-state index is -3.33. The molecule has 24 heavy (non-hydrogen) atoms. The molecule has 138 valence electrons. The summed E-state index contributed by atoms with van der Waals surface area (Å²) < 4.78 is 41.4. The molecule has 0 fully saturated rings. The third-order valence-electron chi connectivity index (χ3n) is 3.37. The fraction of sp³-hybridized carbons (Fsp3) is 0.625. The molecule has 0 spiro atoms. The van der Waals surface area contributed by atoms with E-state index in [-0.39, 0.29) is 32.1 Å². The van der Waals surface area contributed by atoms with Crippen LogP contribution in [0.2, 0.25) is 0 Å². The number of aliphatic hydroxyl groups excluding tert-OH is 1. The second-order valence-electron chi connectivity index (χ2n) is 5.18. The Bertz CT molecular complexity index is 553. The number of benzene rings is 1. The largest absolute Gasteiger partial charge is 0.378 e. The average Bonchev–Trinajstić information content (AvgIpc) is 2.55. The molecule has 8 heteroatoms. The molecule has 0 aliphatic rings. The van der Waals surface area contributed by atoms with Gasteiger partial charge in [-0.05, 0) is 32.8 Å². The number of rotatable bonds is 12. The van der Waals surface area contributed by atoms with E-state index < -0.39 is 20.8 Å². The van der Waals surface area contributed by atoms with Crippen molar-refractivity contribution in [2.24, 2.45) is 0 Å². The molecule has 0 amide bonds. The molecule has 0 aromatic heterocycles. The van der Waals surface area contributed by atoms with E-state index in [4.69, 9.17) is 13.6 Å². The predicted molar refractivity (Wildman–Crippen MR) is 95.8 cm³/mol. The molecule has 6 nitrogen and oxygen atoms in total. The zero-order valence-corrected chi connectivity index (χ0v) is 16.4. The molecule has 0 radical (unpaired) electrons. The molecule has 0 saturated heterocycles. The van der Waals surface area contributed by atoms with E-state index in [0.29, 0.717) is 12.0 Å². The number of aliphatic hydroxyl groups is 1. The van der Waals surface area contributed by atoms with Gasteiger partial charge in [-0.3, -0.25) is 9.13 Å². The minimum absolute atomic E-state index is 0.112. The van der Waals surface area contributed by atoms with E-state index in [1.807, 2.05) is 6.07 Å². The van der Waals surface area contributed by atoms with E-state index in [1.54, 1.807) is 45.0 Å². The van der Waals surface area contributed by atoms with Gasteiger partial charge >= 0.3 is 7.60 Å². The Balaban J connectivity index is 2.78. The van der Waals surface area contributed by atoms with Crippen molar-refractivity contribution in [2.75, 3.05) is 32.1 Å². The SMILES string of the molecule is CCOP(=O)(CCCP(=O)(OCC)C(O)c1ccccc1)OCC. The van der Waals surface area contributed by atoms with Crippen LogP contribution in [0.15, 0.2) is 30.3 Å². The van der Waals surface area contributed by atoms with Gasteiger partial charge < -0.3 is 18.7 Å². The van der Waals surface area contributed by atoms with Crippen molar-refractivity contribution >= 4 is 15.0 Å². The van der Waals surface area contributed by atoms with Crippen LogP contribution < -0.4 is 0 Å². The zero-order valence-electron chi connectivity index (χ0n) is 14.6. The zero-order chi connectivity index (χ0) is 18.1. The summed E-state index contributed by atoms with van der Waals surface area (Å²) in [6, 6.07) is 8.78. The van der Waals surface area contributed by atoms with Crippen molar-refractivity contribution in [3.63, 3.8) is 0 Å². The van der Waals surface area contributed by atoms with Crippen molar-refractivity contribution in [1.29, 1.82) is 0 Å². The van der Waals surface area contributed by atoms with E-state index in [1.165, 1.54) is 0 Å². The van der Waals surface area contributed by atoms with E-state index in [9.17, 15) is 14.2 Å². The van der Waals surface area contributed by atoms with Gasteiger partial charge in [0.25, 0.3) is 0 Å². The van der Waals surface area contributed by atoms with Crippen LogP contribution in [0.25, 0.3) is 0 Å². The van der Waals surface area contributed by atoms with Crippen LogP contribution in [0.4, 0.5) is 0 Å². The lowest BCUT2D eigenvalue weighted by molar-refractivity contribution is 0.212. The summed E-state index contributed by atoms with van der Waals surface area (Å²) in [5, 5.41) is 10.5. The van der Waals surface area contributed by atoms with Crippen molar-refractivity contribution in [1.82, 2.24) is 0 Å². The molecule has 0 heterocycles. The Morgan fingerprint density at radius 1 is 0.917 bits per heavy atom. The second kappa shape index (κ2) is 10.5. The number of hydrogen-bond acceptors (Lipinski definition) is 6. The highest BCUT2D eigenvalue weighted by Gasteiger charge is 2.34. The quantitative estimate of drug-likeness (QED) is 0.533. The Morgan fingerprint density at radius 3 is 1.96 bits per heavy atom. The topological polar surface area (TPSA) is 82.1 Å². The summed E-state index contributed by atoms with van der Waals surface area (Å²) in [6.45, 7) is 6.03. The Morgan fingerprint density at radius 2 is 1.46 bits per heavy atom. The molecule has 1 aromatic rings. The number of hydrogen-bond donors (Lipinski definition) is 1. The normalized spacial score (nSPS) is 15.8. The molecular weight excluding hydrogens is 350 g/mol. The van der Waals surface area contributed by atoms with Crippen LogP contribution in [0.3, 0.4) is 0 Å². The minimum Gasteiger partial charge on any atom is -0.378 e. The molecule has 1 rings (SSSR count). The highest BCUT2D eigenvalue weighted by atomic mass is 31.2. The van der Waals surface area contributed by atoms with Gasteiger partial charge in [-0.2, -0.15) is 0 Å². The van der Waals surface area contributed by atoms with Crippen LogP contribution in [0.5, 0.6) is 0 Å². The van der Waals surface area contributed by atoms with Gasteiger partial charge in [-0.25, -0.2) is 0 Å². The summed E-state index contributed by atoms with van der Waals surface area (Å²) in [5.41, 5.74) is 0.548. The van der Waals surface area contributed by atoms with Crippen LogP contribution in [0.1, 0.15) is 38.6 Å². The third-order valence-corrected chi connectivity index (χ3v) is 8.22. The van der Waals surface area contributed by atoms with Crippen LogP contribution in [0, 0.1) is 0 Å². The van der Waals surface area contributed by atoms with Gasteiger partial charge in [-0.1, -0.05) is 30.3 Å². The fourth-order valence-electron chi connectivity index (χ4n) is 2.37. The van der Waals surface area contributed by atoms with Gasteiger partial charge in [-0.15, -0.1) is 0 Å². The summed E-state index contributed by atoms with van der Waals surface area (Å²) in [5.74, 6) is -1.20. The lowest BCUT2D eigenvalue weighted by atomic mass is 10.2. The van der Waals surface area contributed by atoms with Gasteiger partial charge in [0.15, 0.2) is 5.85 Å². The highest BCUT2D eigenvalue weighted by molar-refractivity contribution is 7.59. The van der Waals surface area contributed by atoms with Gasteiger partial charge in [0.2, 0.25) is 7.37 Å². The molecule has 2 atom stereocenters. The van der Waals surface area contributed by atoms with E-state index in [2.05, 4.69) is 0 Å². The molecule has 0 aliphatic carbocycles. The maximum atomic E-state index is 13.1. The molecule has 1 aromatic carbocycles. The lowest BCUT2D eigenvalue weighted by Gasteiger charge is -2.24. The molecule has 2 unspecified atom stereocenters. The lowest BCUT2D eigenvalue weighted by Crippen LogP contribution is -2.08. The monoisotopic (exact) mass is 378 g/mol. The van der Waals surface area contributed by atoms with Crippen molar-refractivity contribution in [3.8, 4) is 0 Å². The fourth-order valence-corrected chi connectivity index (χ4v) is 6.46. The first kappa shape index (κ1) is 21.6. The summed E-state index contributed by atoms with van der Waals surface area (Å²) in [4.78, 5) is 0. The summed E-state index contributed by atoms with van der Waals surface area (Å²) in [7, 11) is -6.52. The van der Waals surface area contributed by atoms with Crippen LogP contribution in [-0.4, -0.2) is 37.3 Å². The molecule has 0 bridgehead atoms. The Labute approximate surface area is 144 Å². The summed E-state index contributed by atoms with van der Waals surface area (Å²) >= 11 is 0. The predicted octanol–water partition coefficient (Wildman–Crippen LogP) is 4.65. The third kappa shape index (κ3) is 6.44. The second-order valence-corrected chi connectivity index (χ2v) is 10.0. The van der Waals surface area contributed by atoms with Crippen molar-refractivity contribution < 1.29 is 27.8 Å². The van der Waals surface area contributed by atoms with Crippen molar-refractivity contribution in [2.45, 2.75) is 33.0 Å². The van der Waals surface area contributed by atoms with Crippen LogP contribution >= 0.6 is 15.0 Å². The van der Waals surface area contributed by atoms with Crippen LogP contribution in [-0.2, 0) is 22.7 Å². The summed E-state index contributed by atoms with van der Waals surface area (Å²) in [6.07, 6.45) is 0.576. The highest BCUT2D eigenvalue weighted by Crippen LogP contribution is 2.60. The molecule has 0 aliphatic heterocycles. The van der Waals surface area contributed by atoms with Gasteiger partial charge in [0.1, 0.15) is 0 Å². The Kier molecular flexibility index (Phi) is 9.43. The molecular formula is C16H28O6P2. The van der Waals surface area contributed by atoms with Crippen molar-refractivity contribution in [3.05, 3.63) is 35.9 Å².